The third kappa shape index (κ3) is 4.66. The molecule has 1 aromatic rings. The van der Waals surface area contributed by atoms with E-state index < -0.39 is 5.60 Å². The minimum Gasteiger partial charge on any atom is -0.444 e. The van der Waals surface area contributed by atoms with E-state index in [1.165, 1.54) is 11.3 Å². The van der Waals surface area contributed by atoms with Crippen molar-refractivity contribution in [2.24, 2.45) is 5.92 Å². The van der Waals surface area contributed by atoms with Crippen LogP contribution in [-0.2, 0) is 22.5 Å². The lowest BCUT2D eigenvalue weighted by Gasteiger charge is -2.30. The van der Waals surface area contributed by atoms with Crippen molar-refractivity contribution in [1.82, 2.24) is 4.90 Å². The number of carbonyl (C=O) groups is 2. The molecule has 7 heteroatoms. The van der Waals surface area contributed by atoms with Crippen LogP contribution in [0.3, 0.4) is 0 Å². The third-order valence-corrected chi connectivity index (χ3v) is 5.49. The molecule has 2 amide bonds. The van der Waals surface area contributed by atoms with Crippen LogP contribution < -0.4 is 11.1 Å². The van der Waals surface area contributed by atoms with Crippen molar-refractivity contribution < 1.29 is 14.3 Å². The van der Waals surface area contributed by atoms with Gasteiger partial charge in [-0.2, -0.15) is 0 Å². The molecule has 0 radical (unpaired) electrons. The largest absolute Gasteiger partial charge is 0.444 e. The van der Waals surface area contributed by atoms with Crippen LogP contribution in [0.4, 0.5) is 15.5 Å². The van der Waals surface area contributed by atoms with Gasteiger partial charge in [0.2, 0.25) is 5.91 Å². The number of nitrogens with one attached hydrogen (secondary N) is 1. The maximum absolute atomic E-state index is 12.3. The second kappa shape index (κ2) is 7.64. The summed E-state index contributed by atoms with van der Waals surface area (Å²) in [4.78, 5) is 27.3. The maximum atomic E-state index is 12.3. The van der Waals surface area contributed by atoms with Crippen molar-refractivity contribution in [1.29, 1.82) is 0 Å². The third-order valence-electron chi connectivity index (χ3n) is 4.34. The second-order valence-corrected chi connectivity index (χ2v) is 8.51. The lowest BCUT2D eigenvalue weighted by molar-refractivity contribution is -0.120. The van der Waals surface area contributed by atoms with E-state index >= 15 is 0 Å². The van der Waals surface area contributed by atoms with Crippen molar-refractivity contribution in [3.63, 3.8) is 0 Å². The minimum absolute atomic E-state index is 0.00297. The molecule has 0 aromatic carbocycles. The molecule has 0 fully saturated rings. The van der Waals surface area contributed by atoms with Gasteiger partial charge in [0, 0.05) is 17.3 Å². The Hall–Kier alpha value is -1.76. The van der Waals surface area contributed by atoms with Crippen LogP contribution in [0.2, 0.25) is 0 Å². The van der Waals surface area contributed by atoms with Gasteiger partial charge in [-0.15, -0.1) is 11.3 Å². The highest BCUT2D eigenvalue weighted by atomic mass is 32.1. The molecule has 25 heavy (non-hydrogen) atoms. The molecule has 0 atom stereocenters. The first-order chi connectivity index (χ1) is 11.7. The standard InChI is InChI=1S/C18H29N3O3S/c1-6-11(7-2)15(22)20-16-14(19)12-8-9-21(10-13(12)25-16)17(23)24-18(3,4)5/h11H,6-10,19H2,1-5H3,(H,20,22). The predicted octanol–water partition coefficient (Wildman–Crippen LogP) is 4.00. The van der Waals surface area contributed by atoms with Gasteiger partial charge in [-0.1, -0.05) is 13.8 Å². The van der Waals surface area contributed by atoms with E-state index in [-0.39, 0.29) is 17.9 Å². The normalized spacial score (nSPS) is 14.4. The highest BCUT2D eigenvalue weighted by Crippen LogP contribution is 2.39. The van der Waals surface area contributed by atoms with E-state index in [4.69, 9.17) is 10.5 Å². The van der Waals surface area contributed by atoms with Gasteiger partial charge in [0.25, 0.3) is 0 Å². The second-order valence-electron chi connectivity index (χ2n) is 7.40. The lowest BCUT2D eigenvalue weighted by Crippen LogP contribution is -2.39. The van der Waals surface area contributed by atoms with Crippen LogP contribution in [0.1, 0.15) is 57.9 Å². The highest BCUT2D eigenvalue weighted by molar-refractivity contribution is 7.17. The number of ether oxygens (including phenoxy) is 1. The Labute approximate surface area is 153 Å². The number of nitrogen functional groups attached to an aromatic ring is 1. The fourth-order valence-corrected chi connectivity index (χ4v) is 4.06. The topological polar surface area (TPSA) is 84.7 Å². The highest BCUT2D eigenvalue weighted by Gasteiger charge is 2.29. The van der Waals surface area contributed by atoms with Crippen LogP contribution in [0.5, 0.6) is 0 Å². The zero-order chi connectivity index (χ0) is 18.8. The van der Waals surface area contributed by atoms with E-state index in [9.17, 15) is 9.59 Å². The zero-order valence-corrected chi connectivity index (χ0v) is 16.6. The summed E-state index contributed by atoms with van der Waals surface area (Å²) in [5, 5.41) is 3.67. The fourth-order valence-electron chi connectivity index (χ4n) is 2.88. The maximum Gasteiger partial charge on any atom is 0.410 e. The Morgan fingerprint density at radius 2 is 1.96 bits per heavy atom. The molecule has 0 bridgehead atoms. The van der Waals surface area contributed by atoms with Gasteiger partial charge >= 0.3 is 6.09 Å². The molecular formula is C18H29N3O3S. The van der Waals surface area contributed by atoms with Crippen LogP contribution in [-0.4, -0.2) is 29.0 Å². The molecule has 0 unspecified atom stereocenters. The summed E-state index contributed by atoms with van der Waals surface area (Å²) < 4.78 is 5.45. The molecule has 1 aliphatic heterocycles. The van der Waals surface area contributed by atoms with E-state index in [1.54, 1.807) is 4.90 Å². The van der Waals surface area contributed by atoms with Crippen LogP contribution in [0.15, 0.2) is 0 Å². The van der Waals surface area contributed by atoms with E-state index in [0.717, 1.165) is 23.3 Å². The van der Waals surface area contributed by atoms with Crippen LogP contribution in [0, 0.1) is 5.92 Å². The first kappa shape index (κ1) is 19.6. The van der Waals surface area contributed by atoms with Gasteiger partial charge in [0.1, 0.15) is 10.6 Å². The molecule has 3 N–H and O–H groups in total. The lowest BCUT2D eigenvalue weighted by atomic mass is 10.0. The monoisotopic (exact) mass is 367 g/mol. The number of amides is 2. The van der Waals surface area contributed by atoms with Crippen LogP contribution >= 0.6 is 11.3 Å². The Morgan fingerprint density at radius 1 is 1.32 bits per heavy atom. The first-order valence-corrected chi connectivity index (χ1v) is 9.66. The van der Waals surface area contributed by atoms with Gasteiger partial charge in [-0.3, -0.25) is 4.79 Å². The minimum atomic E-state index is -0.514. The number of nitrogens with zero attached hydrogens (tertiary/aromatic N) is 1. The molecule has 1 aliphatic rings. The van der Waals surface area contributed by atoms with E-state index in [1.807, 2.05) is 34.6 Å². The number of hydrogen-bond donors (Lipinski definition) is 2. The summed E-state index contributed by atoms with van der Waals surface area (Å²) in [7, 11) is 0. The summed E-state index contributed by atoms with van der Waals surface area (Å²) in [5.41, 5.74) is 7.41. The molecule has 2 rings (SSSR count). The van der Waals surface area contributed by atoms with Crippen molar-refractivity contribution in [2.45, 2.75) is 66.0 Å². The summed E-state index contributed by atoms with van der Waals surface area (Å²) in [5.74, 6) is 0.0103. The fraction of sp³-hybridized carbons (Fsp3) is 0.667. The van der Waals surface area contributed by atoms with E-state index in [2.05, 4.69) is 5.32 Å². The SMILES string of the molecule is CCC(CC)C(=O)Nc1sc2c(c1N)CCN(C(=O)OC(C)(C)C)C2. The Balaban J connectivity index is 2.11. The summed E-state index contributed by atoms with van der Waals surface area (Å²) >= 11 is 1.46. The number of fused-ring (bicyclic) bond motifs is 1. The van der Waals surface area contributed by atoms with Crippen molar-refractivity contribution >= 4 is 34.0 Å². The van der Waals surface area contributed by atoms with Crippen molar-refractivity contribution in [3.05, 3.63) is 10.4 Å². The molecule has 0 aliphatic carbocycles. The number of nitrogens with two attached hydrogens (primary N) is 1. The molecule has 1 aromatic heterocycles. The smallest absolute Gasteiger partial charge is 0.410 e. The molecule has 6 nitrogen and oxygen atoms in total. The Kier molecular flexibility index (Phi) is 5.98. The Bertz CT molecular complexity index is 645. The van der Waals surface area contributed by atoms with Crippen molar-refractivity contribution in [2.75, 3.05) is 17.6 Å². The number of thiophene rings is 1. The molecule has 2 heterocycles. The van der Waals surface area contributed by atoms with Gasteiger partial charge in [-0.05, 0) is 45.6 Å². The molecule has 140 valence electrons. The van der Waals surface area contributed by atoms with Gasteiger partial charge < -0.3 is 20.7 Å². The zero-order valence-electron chi connectivity index (χ0n) is 15.8. The van der Waals surface area contributed by atoms with Gasteiger partial charge in [-0.25, -0.2) is 4.79 Å². The number of anilines is 2. The molecular weight excluding hydrogens is 338 g/mol. The quantitative estimate of drug-likeness (QED) is 0.842. The number of rotatable bonds is 4. The summed E-state index contributed by atoms with van der Waals surface area (Å²) in [6.45, 7) is 10.6. The van der Waals surface area contributed by atoms with Crippen molar-refractivity contribution in [3.8, 4) is 0 Å². The average molecular weight is 368 g/mol. The number of carbonyl (C=O) groups excluding carboxylic acids is 2. The Morgan fingerprint density at radius 3 is 2.52 bits per heavy atom. The van der Waals surface area contributed by atoms with E-state index in [0.29, 0.717) is 30.2 Å². The van der Waals surface area contributed by atoms with Gasteiger partial charge in [0.05, 0.1) is 12.2 Å². The molecule has 0 spiro atoms. The average Bonchev–Trinajstić information content (AvgIpc) is 2.82. The first-order valence-electron chi connectivity index (χ1n) is 8.85. The number of hydrogen-bond acceptors (Lipinski definition) is 5. The molecule has 0 saturated heterocycles. The van der Waals surface area contributed by atoms with Gasteiger partial charge in [0.15, 0.2) is 0 Å². The predicted molar refractivity (Wildman–Crippen MR) is 102 cm³/mol. The molecule has 0 saturated carbocycles. The van der Waals surface area contributed by atoms with Crippen LogP contribution in [0.25, 0.3) is 0 Å². The summed E-state index contributed by atoms with van der Waals surface area (Å²) in [6.07, 6.45) is 1.98. The summed E-state index contributed by atoms with van der Waals surface area (Å²) in [6, 6.07) is 0.